The van der Waals surface area contributed by atoms with E-state index in [0.29, 0.717) is 18.1 Å². The number of rotatable bonds is 8. The van der Waals surface area contributed by atoms with Gasteiger partial charge in [-0.15, -0.1) is 0 Å². The van der Waals surface area contributed by atoms with Crippen molar-refractivity contribution in [2.75, 3.05) is 13.7 Å². The highest BCUT2D eigenvalue weighted by Crippen LogP contribution is 2.27. The molecule has 5 nitrogen and oxygen atoms in total. The van der Waals surface area contributed by atoms with Gasteiger partial charge >= 0.3 is 5.97 Å². The van der Waals surface area contributed by atoms with Gasteiger partial charge in [0.25, 0.3) is 0 Å². The number of methoxy groups -OCH3 is 1. The minimum Gasteiger partial charge on any atom is -0.494 e. The summed E-state index contributed by atoms with van der Waals surface area (Å²) in [7, 11) is 1.52. The van der Waals surface area contributed by atoms with Gasteiger partial charge in [0.1, 0.15) is 5.75 Å². The van der Waals surface area contributed by atoms with Gasteiger partial charge in [0.2, 0.25) is 0 Å². The van der Waals surface area contributed by atoms with Crippen molar-refractivity contribution in [3.05, 3.63) is 54.1 Å². The van der Waals surface area contributed by atoms with E-state index in [1.807, 2.05) is 31.2 Å². The van der Waals surface area contributed by atoms with Crippen LogP contribution in [0.5, 0.6) is 17.2 Å². The van der Waals surface area contributed by atoms with Gasteiger partial charge in [-0.25, -0.2) is 4.79 Å². The third kappa shape index (κ3) is 4.64. The molecule has 0 heterocycles. The number of carboxylic acids is 1. The summed E-state index contributed by atoms with van der Waals surface area (Å²) in [6.45, 7) is 2.50. The van der Waals surface area contributed by atoms with Gasteiger partial charge in [-0.3, -0.25) is 0 Å². The first-order chi connectivity index (χ1) is 11.1. The van der Waals surface area contributed by atoms with E-state index in [1.54, 1.807) is 24.3 Å². The van der Waals surface area contributed by atoms with Gasteiger partial charge in [0, 0.05) is 6.42 Å². The minimum absolute atomic E-state index is 0.250. The number of carbonyl (C=O) groups is 1. The van der Waals surface area contributed by atoms with Crippen LogP contribution in [0.3, 0.4) is 0 Å². The Morgan fingerprint density at radius 3 is 2.30 bits per heavy atom. The molecule has 0 saturated carbocycles. The Hall–Kier alpha value is -2.69. The number of aliphatic carboxylic acids is 1. The zero-order chi connectivity index (χ0) is 16.7. The maximum Gasteiger partial charge on any atom is 0.345 e. The molecule has 0 spiro atoms. The summed E-state index contributed by atoms with van der Waals surface area (Å²) >= 11 is 0. The number of carboxylic acid groups (broad SMARTS) is 1. The molecule has 0 fully saturated rings. The summed E-state index contributed by atoms with van der Waals surface area (Å²) in [6.07, 6.45) is -0.746. The smallest absolute Gasteiger partial charge is 0.345 e. The highest BCUT2D eigenvalue weighted by atomic mass is 16.5. The summed E-state index contributed by atoms with van der Waals surface area (Å²) in [5, 5.41) is 9.41. The number of benzene rings is 2. The average molecular weight is 316 g/mol. The van der Waals surface area contributed by atoms with Crippen LogP contribution >= 0.6 is 0 Å². The Balaban J connectivity index is 2.11. The van der Waals surface area contributed by atoms with E-state index < -0.39 is 12.1 Å². The van der Waals surface area contributed by atoms with Crippen molar-refractivity contribution in [2.45, 2.75) is 19.4 Å². The Morgan fingerprint density at radius 1 is 1.09 bits per heavy atom. The highest BCUT2D eigenvalue weighted by Gasteiger charge is 2.21. The summed E-state index contributed by atoms with van der Waals surface area (Å²) in [5.41, 5.74) is 0.857. The summed E-state index contributed by atoms with van der Waals surface area (Å²) in [4.78, 5) is 11.5. The molecule has 1 unspecified atom stereocenters. The Labute approximate surface area is 135 Å². The zero-order valence-electron chi connectivity index (χ0n) is 13.2. The number of para-hydroxylation sites is 2. The summed E-state index contributed by atoms with van der Waals surface area (Å²) in [5.74, 6) is 0.650. The molecule has 0 aliphatic carbocycles. The van der Waals surface area contributed by atoms with Crippen LogP contribution in [-0.4, -0.2) is 30.9 Å². The van der Waals surface area contributed by atoms with Crippen molar-refractivity contribution >= 4 is 5.97 Å². The van der Waals surface area contributed by atoms with Crippen LogP contribution in [0, 0.1) is 0 Å². The van der Waals surface area contributed by atoms with Gasteiger partial charge in [-0.1, -0.05) is 24.3 Å². The third-order valence-electron chi connectivity index (χ3n) is 3.27. The maximum absolute atomic E-state index is 11.5. The molecular weight excluding hydrogens is 296 g/mol. The van der Waals surface area contributed by atoms with Crippen molar-refractivity contribution in [3.8, 4) is 17.2 Å². The first-order valence-corrected chi connectivity index (χ1v) is 7.38. The molecule has 122 valence electrons. The van der Waals surface area contributed by atoms with E-state index in [4.69, 9.17) is 14.2 Å². The fraction of sp³-hybridized carbons (Fsp3) is 0.278. The second kappa shape index (κ2) is 8.08. The zero-order valence-corrected chi connectivity index (χ0v) is 13.2. The van der Waals surface area contributed by atoms with Gasteiger partial charge in [0.15, 0.2) is 17.6 Å². The lowest BCUT2D eigenvalue weighted by molar-refractivity contribution is -0.145. The molecule has 2 aromatic carbocycles. The lowest BCUT2D eigenvalue weighted by atomic mass is 10.1. The standard InChI is InChI=1S/C18H20O5/c1-3-22-14-10-8-13(9-11-14)12-17(18(19)20)23-16-7-5-4-6-15(16)21-2/h4-11,17H,3,12H2,1-2H3,(H,19,20). The molecule has 5 heteroatoms. The van der Waals surface area contributed by atoms with Gasteiger partial charge in [0.05, 0.1) is 13.7 Å². The quantitative estimate of drug-likeness (QED) is 0.810. The van der Waals surface area contributed by atoms with Gasteiger partial charge in [-0.2, -0.15) is 0 Å². The molecule has 2 aromatic rings. The number of hydrogen-bond donors (Lipinski definition) is 1. The van der Waals surface area contributed by atoms with Crippen LogP contribution in [0.1, 0.15) is 12.5 Å². The lowest BCUT2D eigenvalue weighted by Crippen LogP contribution is -2.29. The molecule has 2 rings (SSSR count). The predicted octanol–water partition coefficient (Wildman–Crippen LogP) is 3.17. The van der Waals surface area contributed by atoms with E-state index in [0.717, 1.165) is 11.3 Å². The van der Waals surface area contributed by atoms with Crippen LogP contribution in [0.2, 0.25) is 0 Å². The summed E-state index contributed by atoms with van der Waals surface area (Å²) in [6, 6.07) is 14.3. The fourth-order valence-electron chi connectivity index (χ4n) is 2.15. The molecule has 0 bridgehead atoms. The average Bonchev–Trinajstić information content (AvgIpc) is 2.56. The first-order valence-electron chi connectivity index (χ1n) is 7.38. The van der Waals surface area contributed by atoms with E-state index in [1.165, 1.54) is 7.11 Å². The maximum atomic E-state index is 11.5. The van der Waals surface area contributed by atoms with Crippen molar-refractivity contribution in [3.63, 3.8) is 0 Å². The van der Waals surface area contributed by atoms with E-state index in [2.05, 4.69) is 0 Å². The minimum atomic E-state index is -1.02. The topological polar surface area (TPSA) is 65.0 Å². The number of ether oxygens (including phenoxy) is 3. The molecule has 0 aliphatic heterocycles. The van der Waals surface area contributed by atoms with Crippen LogP contribution < -0.4 is 14.2 Å². The predicted molar refractivity (Wildman–Crippen MR) is 86.4 cm³/mol. The summed E-state index contributed by atoms with van der Waals surface area (Å²) < 4.78 is 16.2. The van der Waals surface area contributed by atoms with Crippen LogP contribution in [0.25, 0.3) is 0 Å². The monoisotopic (exact) mass is 316 g/mol. The molecule has 1 N–H and O–H groups in total. The van der Waals surface area contributed by atoms with Crippen molar-refractivity contribution < 1.29 is 24.1 Å². The SMILES string of the molecule is CCOc1ccc(CC(Oc2ccccc2OC)C(=O)O)cc1. The van der Waals surface area contributed by atoms with Crippen molar-refractivity contribution in [2.24, 2.45) is 0 Å². The van der Waals surface area contributed by atoms with E-state index >= 15 is 0 Å². The largest absolute Gasteiger partial charge is 0.494 e. The fourth-order valence-corrected chi connectivity index (χ4v) is 2.15. The second-order valence-electron chi connectivity index (χ2n) is 4.88. The number of hydrogen-bond acceptors (Lipinski definition) is 4. The lowest BCUT2D eigenvalue weighted by Gasteiger charge is -2.17. The van der Waals surface area contributed by atoms with Crippen molar-refractivity contribution in [1.82, 2.24) is 0 Å². The van der Waals surface area contributed by atoms with Gasteiger partial charge < -0.3 is 19.3 Å². The van der Waals surface area contributed by atoms with Crippen LogP contribution in [-0.2, 0) is 11.2 Å². The second-order valence-corrected chi connectivity index (χ2v) is 4.88. The van der Waals surface area contributed by atoms with Crippen molar-refractivity contribution in [1.29, 1.82) is 0 Å². The molecule has 0 aromatic heterocycles. The molecule has 0 saturated heterocycles. The molecule has 23 heavy (non-hydrogen) atoms. The van der Waals surface area contributed by atoms with Gasteiger partial charge in [-0.05, 0) is 36.8 Å². The Kier molecular flexibility index (Phi) is 5.86. The Morgan fingerprint density at radius 2 is 1.74 bits per heavy atom. The molecular formula is C18H20O5. The molecule has 1 atom stereocenters. The van der Waals surface area contributed by atoms with E-state index in [9.17, 15) is 9.90 Å². The molecule has 0 amide bonds. The third-order valence-corrected chi connectivity index (χ3v) is 3.27. The first kappa shape index (κ1) is 16.7. The van der Waals surface area contributed by atoms with Crippen LogP contribution in [0.4, 0.5) is 0 Å². The Bertz CT molecular complexity index is 636. The normalized spacial score (nSPS) is 11.6. The molecule has 0 aliphatic rings. The van der Waals surface area contributed by atoms with E-state index in [-0.39, 0.29) is 6.42 Å². The van der Waals surface area contributed by atoms with Crippen LogP contribution in [0.15, 0.2) is 48.5 Å². The molecule has 0 radical (unpaired) electrons. The highest BCUT2D eigenvalue weighted by molar-refractivity contribution is 5.73.